The molecule has 0 radical (unpaired) electrons. The molecule has 2 N–H and O–H groups in total. The van der Waals surface area contributed by atoms with Crippen LogP contribution in [0.4, 0.5) is 11.4 Å². The first-order valence-electron chi connectivity index (χ1n) is 13.5. The summed E-state index contributed by atoms with van der Waals surface area (Å²) in [6, 6.07) is 27.4. The number of benzene rings is 4. The van der Waals surface area contributed by atoms with Crippen molar-refractivity contribution in [2.75, 3.05) is 32.6 Å². The third-order valence-electron chi connectivity index (χ3n) is 7.32. The Morgan fingerprint density at radius 1 is 0.750 bits per heavy atom. The Hall–Kier alpha value is -4.20. The highest BCUT2D eigenvalue weighted by Crippen LogP contribution is 2.55. The fraction of sp³-hybridized carbons (Fsp3) is 0.273. The molecule has 1 aliphatic heterocycles. The zero-order valence-corrected chi connectivity index (χ0v) is 23.4. The van der Waals surface area contributed by atoms with Crippen LogP contribution in [-0.2, 0) is 18.9 Å². The standard InChI is InChI=1S/C33H36N2O5/c1-5-35(6-2)33(36)26-17-18-28(39-21-23-13-9-7-10-14-23)32(40-22-24-15-11-8-12-16-24)31(26)34-27-19-25(37-3)20-29(38-4)30(27)33/h7-20,34,36H,5-6,21-22H2,1-4H3. The Kier molecular flexibility index (Phi) is 8.14. The maximum atomic E-state index is 12.7. The van der Waals surface area contributed by atoms with Crippen molar-refractivity contribution in [3.05, 3.63) is 107 Å². The van der Waals surface area contributed by atoms with Gasteiger partial charge in [0.1, 0.15) is 24.7 Å². The second-order valence-corrected chi connectivity index (χ2v) is 9.59. The van der Waals surface area contributed by atoms with Gasteiger partial charge in [-0.15, -0.1) is 0 Å². The van der Waals surface area contributed by atoms with Gasteiger partial charge in [-0.3, -0.25) is 4.90 Å². The first-order chi connectivity index (χ1) is 19.5. The van der Waals surface area contributed by atoms with Gasteiger partial charge < -0.3 is 29.4 Å². The van der Waals surface area contributed by atoms with E-state index in [-0.39, 0.29) is 0 Å². The maximum absolute atomic E-state index is 12.7. The molecule has 0 aliphatic carbocycles. The molecule has 4 aromatic carbocycles. The monoisotopic (exact) mass is 540 g/mol. The highest BCUT2D eigenvalue weighted by molar-refractivity contribution is 5.83. The van der Waals surface area contributed by atoms with E-state index in [2.05, 4.69) is 5.32 Å². The van der Waals surface area contributed by atoms with Crippen molar-refractivity contribution in [2.24, 2.45) is 0 Å². The van der Waals surface area contributed by atoms with E-state index in [1.165, 1.54) is 0 Å². The Balaban J connectivity index is 1.67. The van der Waals surface area contributed by atoms with E-state index < -0.39 is 5.72 Å². The van der Waals surface area contributed by atoms with E-state index >= 15 is 0 Å². The largest absolute Gasteiger partial charge is 0.497 e. The van der Waals surface area contributed by atoms with Crippen molar-refractivity contribution in [3.63, 3.8) is 0 Å². The molecule has 40 heavy (non-hydrogen) atoms. The molecule has 0 spiro atoms. The van der Waals surface area contributed by atoms with Crippen LogP contribution in [0.5, 0.6) is 23.0 Å². The number of rotatable bonds is 11. The molecule has 4 aromatic rings. The maximum Gasteiger partial charge on any atom is 0.185 e. The van der Waals surface area contributed by atoms with Crippen LogP contribution in [-0.4, -0.2) is 37.3 Å². The van der Waals surface area contributed by atoms with Gasteiger partial charge in [0.15, 0.2) is 17.2 Å². The second-order valence-electron chi connectivity index (χ2n) is 9.59. The fourth-order valence-corrected chi connectivity index (χ4v) is 5.31. The molecule has 0 saturated heterocycles. The smallest absolute Gasteiger partial charge is 0.185 e. The van der Waals surface area contributed by atoms with Crippen LogP contribution in [0.1, 0.15) is 36.1 Å². The van der Waals surface area contributed by atoms with Crippen LogP contribution >= 0.6 is 0 Å². The molecule has 1 heterocycles. The predicted octanol–water partition coefficient (Wildman–Crippen LogP) is 6.45. The predicted molar refractivity (Wildman–Crippen MR) is 157 cm³/mol. The highest BCUT2D eigenvalue weighted by Gasteiger charge is 2.47. The number of methoxy groups -OCH3 is 2. The lowest BCUT2D eigenvalue weighted by molar-refractivity contribution is -0.0768. The number of anilines is 2. The average molecular weight is 541 g/mol. The molecule has 0 fully saturated rings. The minimum Gasteiger partial charge on any atom is -0.497 e. The molecule has 0 bridgehead atoms. The Morgan fingerprint density at radius 3 is 1.95 bits per heavy atom. The number of nitrogens with one attached hydrogen (secondary N) is 1. The van der Waals surface area contributed by atoms with Gasteiger partial charge in [0.05, 0.1) is 31.2 Å². The molecule has 7 heteroatoms. The summed E-state index contributed by atoms with van der Waals surface area (Å²) in [5.74, 6) is 2.23. The SMILES string of the molecule is CCN(CC)C1(O)c2ccc(OCc3ccccc3)c(OCc3ccccc3)c2Nc2cc(OC)cc(OC)c21. The van der Waals surface area contributed by atoms with Gasteiger partial charge in [-0.1, -0.05) is 74.5 Å². The van der Waals surface area contributed by atoms with Crippen molar-refractivity contribution in [1.82, 2.24) is 4.90 Å². The van der Waals surface area contributed by atoms with E-state index in [9.17, 15) is 5.11 Å². The quantitative estimate of drug-likeness (QED) is 0.212. The summed E-state index contributed by atoms with van der Waals surface area (Å²) in [6.07, 6.45) is 0. The van der Waals surface area contributed by atoms with Gasteiger partial charge in [0, 0.05) is 17.7 Å². The molecule has 1 aliphatic rings. The zero-order valence-electron chi connectivity index (χ0n) is 23.4. The van der Waals surface area contributed by atoms with Crippen LogP contribution in [0.25, 0.3) is 0 Å². The molecule has 1 atom stereocenters. The number of fused-ring (bicyclic) bond motifs is 2. The number of ether oxygens (including phenoxy) is 4. The van der Waals surface area contributed by atoms with Gasteiger partial charge in [-0.2, -0.15) is 0 Å². The van der Waals surface area contributed by atoms with Gasteiger partial charge in [0.25, 0.3) is 0 Å². The minimum absolute atomic E-state index is 0.332. The summed E-state index contributed by atoms with van der Waals surface area (Å²) in [4.78, 5) is 2.01. The lowest BCUT2D eigenvalue weighted by atomic mass is 9.85. The summed E-state index contributed by atoms with van der Waals surface area (Å²) in [6.45, 7) is 5.98. The topological polar surface area (TPSA) is 72.4 Å². The van der Waals surface area contributed by atoms with Crippen molar-refractivity contribution in [2.45, 2.75) is 32.8 Å². The van der Waals surface area contributed by atoms with E-state index in [1.807, 2.05) is 97.6 Å². The number of hydrogen-bond donors (Lipinski definition) is 2. The second kappa shape index (κ2) is 11.9. The highest BCUT2D eigenvalue weighted by atomic mass is 16.5. The van der Waals surface area contributed by atoms with Gasteiger partial charge >= 0.3 is 0 Å². The van der Waals surface area contributed by atoms with Crippen LogP contribution in [0.2, 0.25) is 0 Å². The van der Waals surface area contributed by atoms with E-state index in [1.54, 1.807) is 20.3 Å². The van der Waals surface area contributed by atoms with E-state index in [4.69, 9.17) is 18.9 Å². The molecular formula is C33H36N2O5. The zero-order chi connectivity index (χ0) is 28.1. The first kappa shape index (κ1) is 27.4. The molecular weight excluding hydrogens is 504 g/mol. The molecule has 1 unspecified atom stereocenters. The van der Waals surface area contributed by atoms with Crippen molar-refractivity contribution in [3.8, 4) is 23.0 Å². The van der Waals surface area contributed by atoms with E-state index in [0.29, 0.717) is 71.8 Å². The summed E-state index contributed by atoms with van der Waals surface area (Å²) in [7, 11) is 3.21. The lowest BCUT2D eigenvalue weighted by Crippen LogP contribution is -2.49. The molecule has 5 rings (SSSR count). The summed E-state index contributed by atoms with van der Waals surface area (Å²) in [5.41, 5.74) is 3.15. The number of nitrogens with zero attached hydrogens (tertiary/aromatic N) is 1. The van der Waals surface area contributed by atoms with Gasteiger partial charge in [0.2, 0.25) is 0 Å². The van der Waals surface area contributed by atoms with Gasteiger partial charge in [-0.05, 0) is 36.3 Å². The minimum atomic E-state index is -1.50. The number of hydrogen-bond acceptors (Lipinski definition) is 7. The van der Waals surface area contributed by atoms with Crippen molar-refractivity contribution in [1.29, 1.82) is 0 Å². The van der Waals surface area contributed by atoms with Crippen LogP contribution < -0.4 is 24.3 Å². The molecule has 0 amide bonds. The van der Waals surface area contributed by atoms with E-state index in [0.717, 1.165) is 11.1 Å². The van der Waals surface area contributed by atoms with Crippen molar-refractivity contribution >= 4 is 11.4 Å². The van der Waals surface area contributed by atoms with Crippen molar-refractivity contribution < 1.29 is 24.1 Å². The average Bonchev–Trinajstić information content (AvgIpc) is 3.00. The third kappa shape index (κ3) is 5.06. The summed E-state index contributed by atoms with van der Waals surface area (Å²) >= 11 is 0. The van der Waals surface area contributed by atoms with Gasteiger partial charge in [-0.25, -0.2) is 0 Å². The Bertz CT molecular complexity index is 1440. The Morgan fingerprint density at radius 2 is 1.38 bits per heavy atom. The Labute approximate surface area is 235 Å². The third-order valence-corrected chi connectivity index (χ3v) is 7.32. The molecule has 208 valence electrons. The van der Waals surface area contributed by atoms with Crippen LogP contribution in [0.15, 0.2) is 84.9 Å². The molecule has 7 nitrogen and oxygen atoms in total. The molecule has 0 aromatic heterocycles. The summed E-state index contributed by atoms with van der Waals surface area (Å²) < 4.78 is 24.2. The first-order valence-corrected chi connectivity index (χ1v) is 13.5. The molecule has 0 saturated carbocycles. The number of aliphatic hydroxyl groups is 1. The fourth-order valence-electron chi connectivity index (χ4n) is 5.31. The summed E-state index contributed by atoms with van der Waals surface area (Å²) in [5, 5.41) is 16.2. The normalized spacial score (nSPS) is 15.6. The van der Waals surface area contributed by atoms with Crippen LogP contribution in [0.3, 0.4) is 0 Å². The van der Waals surface area contributed by atoms with Crippen LogP contribution in [0, 0.1) is 0 Å². The lowest BCUT2D eigenvalue weighted by Gasteiger charge is -2.45.